The number of hydrogen-bond acceptors (Lipinski definition) is 6. The second kappa shape index (κ2) is 15.3. The van der Waals surface area contributed by atoms with E-state index in [0.29, 0.717) is 43.0 Å². The van der Waals surface area contributed by atoms with E-state index in [1.807, 2.05) is 18.2 Å². The average Bonchev–Trinajstić information content (AvgIpc) is 3.48. The summed E-state index contributed by atoms with van der Waals surface area (Å²) in [5, 5.41) is 35.8. The molecule has 2 amide bonds. The molecule has 52 heavy (non-hydrogen) atoms. The highest BCUT2D eigenvalue weighted by atomic mass is 16.5. The van der Waals surface area contributed by atoms with Gasteiger partial charge in [0.25, 0.3) is 11.8 Å². The largest absolute Gasteiger partial charge is 0.481 e. The SMILES string of the molecule is C[C@H](CCC(=O)O)[C@H]1CC[C@H]2[C@@H]3[C@H](O)C[C@@H]4C[C@@H](OCCNC(=O)c5cccc(-c6ccc(C(=O)N=C(N)N)cc6)c5)CC[C@]4(C)[C@H]3C[C@H](O)[C@]12C. The summed E-state index contributed by atoms with van der Waals surface area (Å²) in [5.41, 5.74) is 12.9. The summed E-state index contributed by atoms with van der Waals surface area (Å²) in [5.74, 6) is -0.398. The third-order valence-electron chi connectivity index (χ3n) is 13.9. The fraction of sp³-hybridized carbons (Fsp3) is 0.610. The van der Waals surface area contributed by atoms with E-state index in [1.54, 1.807) is 30.3 Å². The van der Waals surface area contributed by atoms with Crippen molar-refractivity contribution in [3.8, 4) is 11.1 Å². The molecule has 2 aromatic carbocycles. The van der Waals surface area contributed by atoms with Crippen molar-refractivity contribution in [3.63, 3.8) is 0 Å². The molecule has 11 atom stereocenters. The third kappa shape index (κ3) is 7.37. The highest BCUT2D eigenvalue weighted by Crippen LogP contribution is 2.68. The van der Waals surface area contributed by atoms with Crippen LogP contribution in [-0.4, -0.2) is 70.5 Å². The predicted octanol–water partition coefficient (Wildman–Crippen LogP) is 4.98. The predicted molar refractivity (Wildman–Crippen MR) is 198 cm³/mol. The van der Waals surface area contributed by atoms with E-state index in [1.165, 1.54) is 0 Å². The number of rotatable bonds is 11. The molecule has 0 radical (unpaired) electrons. The Labute approximate surface area is 306 Å². The molecule has 6 rings (SSSR count). The first-order valence-corrected chi connectivity index (χ1v) is 19.0. The van der Waals surface area contributed by atoms with Crippen LogP contribution >= 0.6 is 0 Å². The Morgan fingerprint density at radius 1 is 0.962 bits per heavy atom. The number of nitrogens with one attached hydrogen (secondary N) is 1. The molecule has 0 bridgehead atoms. The molecular weight excluding hydrogens is 660 g/mol. The first-order valence-electron chi connectivity index (χ1n) is 19.0. The molecule has 0 aromatic heterocycles. The van der Waals surface area contributed by atoms with Gasteiger partial charge in [0.15, 0.2) is 5.96 Å². The van der Waals surface area contributed by atoms with Gasteiger partial charge >= 0.3 is 5.97 Å². The standard InChI is InChI=1S/C41H56N4O7/c1-23(7-14-35(48)49)30-12-13-31-36-32(22-34(47)41(30,31)3)40(2)16-15-29(20-28(40)21-33(36)46)52-18-17-44-37(50)27-6-4-5-26(19-27)24-8-10-25(11-9-24)38(51)45-39(42)43/h4-6,8-11,19,23,28-34,36,46-47H,7,12-18,20-22H2,1-3H3,(H,44,50)(H,48,49)(H4,42,43,45,51)/t23-,28+,29+,30-,31+,32+,33-,34+,36+,40+,41-/m1/s1. The number of carboxylic acids is 1. The second-order valence-corrected chi connectivity index (χ2v) is 16.5. The maximum Gasteiger partial charge on any atom is 0.303 e. The molecule has 4 saturated carbocycles. The number of aliphatic hydroxyl groups excluding tert-OH is 2. The summed E-state index contributed by atoms with van der Waals surface area (Å²) in [4.78, 5) is 40.0. The minimum Gasteiger partial charge on any atom is -0.481 e. The molecule has 11 heteroatoms. The van der Waals surface area contributed by atoms with Crippen LogP contribution in [-0.2, 0) is 9.53 Å². The van der Waals surface area contributed by atoms with E-state index < -0.39 is 24.1 Å². The van der Waals surface area contributed by atoms with Crippen LogP contribution in [0, 0.1) is 46.3 Å². The molecule has 0 saturated heterocycles. The number of carbonyl (C=O) groups excluding carboxylic acids is 2. The fourth-order valence-corrected chi connectivity index (χ4v) is 11.1. The van der Waals surface area contributed by atoms with Crippen molar-refractivity contribution in [2.24, 2.45) is 62.8 Å². The maximum absolute atomic E-state index is 13.0. The molecule has 0 spiro atoms. The number of aliphatic hydroxyl groups is 2. The average molecular weight is 717 g/mol. The number of carbonyl (C=O) groups is 3. The number of aliphatic carboxylic acids is 1. The Kier molecular flexibility index (Phi) is 11.1. The quantitative estimate of drug-likeness (QED) is 0.105. The number of ether oxygens (including phenoxy) is 1. The molecule has 2 aromatic rings. The molecule has 4 aliphatic carbocycles. The van der Waals surface area contributed by atoms with Gasteiger partial charge in [-0.05, 0) is 133 Å². The van der Waals surface area contributed by atoms with Gasteiger partial charge in [0.1, 0.15) is 0 Å². The number of carboxylic acid groups (broad SMARTS) is 1. The van der Waals surface area contributed by atoms with Crippen LogP contribution in [0.25, 0.3) is 11.1 Å². The molecule has 282 valence electrons. The molecule has 4 aliphatic rings. The number of guanidine groups is 1. The third-order valence-corrected chi connectivity index (χ3v) is 13.9. The van der Waals surface area contributed by atoms with Gasteiger partial charge in [-0.2, -0.15) is 4.99 Å². The topological polar surface area (TPSA) is 198 Å². The van der Waals surface area contributed by atoms with Gasteiger partial charge in [0, 0.05) is 24.1 Å². The zero-order valence-corrected chi connectivity index (χ0v) is 30.7. The summed E-state index contributed by atoms with van der Waals surface area (Å²) < 4.78 is 6.33. The number of nitrogens with two attached hydrogens (primary N) is 2. The van der Waals surface area contributed by atoms with E-state index in [0.717, 1.165) is 49.7 Å². The normalized spacial score (nSPS) is 34.2. The Balaban J connectivity index is 1.01. The molecule has 0 unspecified atom stereocenters. The van der Waals surface area contributed by atoms with Gasteiger partial charge in [-0.25, -0.2) is 0 Å². The van der Waals surface area contributed by atoms with E-state index >= 15 is 0 Å². The number of benzene rings is 2. The molecule has 11 nitrogen and oxygen atoms in total. The number of amides is 2. The van der Waals surface area contributed by atoms with Gasteiger partial charge in [0.2, 0.25) is 0 Å². The van der Waals surface area contributed by atoms with Crippen molar-refractivity contribution < 1.29 is 34.4 Å². The summed E-state index contributed by atoms with van der Waals surface area (Å²) >= 11 is 0. The van der Waals surface area contributed by atoms with Gasteiger partial charge < -0.3 is 36.8 Å². The van der Waals surface area contributed by atoms with Crippen molar-refractivity contribution in [1.82, 2.24) is 5.32 Å². The van der Waals surface area contributed by atoms with E-state index in [9.17, 15) is 29.7 Å². The zero-order chi connectivity index (χ0) is 37.4. The van der Waals surface area contributed by atoms with Crippen LogP contribution in [0.2, 0.25) is 0 Å². The molecule has 0 aliphatic heterocycles. The number of aliphatic imine (C=N–C) groups is 1. The van der Waals surface area contributed by atoms with E-state index in [-0.39, 0.29) is 64.8 Å². The van der Waals surface area contributed by atoms with Crippen LogP contribution in [0.15, 0.2) is 53.5 Å². The van der Waals surface area contributed by atoms with Gasteiger partial charge in [-0.3, -0.25) is 14.4 Å². The summed E-state index contributed by atoms with van der Waals surface area (Å²) in [7, 11) is 0. The zero-order valence-electron chi connectivity index (χ0n) is 30.7. The Hall–Kier alpha value is -3.80. The fourth-order valence-electron chi connectivity index (χ4n) is 11.1. The minimum absolute atomic E-state index is 0.0144. The highest BCUT2D eigenvalue weighted by Gasteiger charge is 2.65. The van der Waals surface area contributed by atoms with Gasteiger partial charge in [-0.15, -0.1) is 0 Å². The lowest BCUT2D eigenvalue weighted by atomic mass is 9.43. The first-order chi connectivity index (χ1) is 24.7. The van der Waals surface area contributed by atoms with Crippen LogP contribution in [0.3, 0.4) is 0 Å². The van der Waals surface area contributed by atoms with Crippen LogP contribution in [0.4, 0.5) is 0 Å². The van der Waals surface area contributed by atoms with E-state index in [4.69, 9.17) is 16.2 Å². The second-order valence-electron chi connectivity index (χ2n) is 16.5. The first kappa shape index (κ1) is 37.9. The number of hydrogen-bond donors (Lipinski definition) is 6. The Bertz CT molecular complexity index is 1660. The van der Waals surface area contributed by atoms with Crippen molar-refractivity contribution in [1.29, 1.82) is 0 Å². The Morgan fingerprint density at radius 2 is 1.71 bits per heavy atom. The number of nitrogens with zero attached hydrogens (tertiary/aromatic N) is 1. The summed E-state index contributed by atoms with van der Waals surface area (Å²) in [6.45, 7) is 7.50. The molecule has 0 heterocycles. The smallest absolute Gasteiger partial charge is 0.303 e. The van der Waals surface area contributed by atoms with Crippen molar-refractivity contribution in [2.45, 2.75) is 96.9 Å². The highest BCUT2D eigenvalue weighted by molar-refractivity contribution is 6.02. The minimum atomic E-state index is -0.772. The summed E-state index contributed by atoms with van der Waals surface area (Å²) in [6.07, 6.45) is 6.06. The van der Waals surface area contributed by atoms with Crippen molar-refractivity contribution in [2.75, 3.05) is 13.2 Å². The lowest BCUT2D eigenvalue weighted by Gasteiger charge is -2.63. The molecule has 8 N–H and O–H groups in total. The van der Waals surface area contributed by atoms with Crippen molar-refractivity contribution >= 4 is 23.7 Å². The molecule has 4 fully saturated rings. The number of fused-ring (bicyclic) bond motifs is 5. The van der Waals surface area contributed by atoms with Crippen LogP contribution < -0.4 is 16.8 Å². The maximum atomic E-state index is 13.0. The monoisotopic (exact) mass is 716 g/mol. The van der Waals surface area contributed by atoms with Crippen LogP contribution in [0.1, 0.15) is 99.3 Å². The molecular formula is C41H56N4O7. The lowest BCUT2D eigenvalue weighted by molar-refractivity contribution is -0.209. The Morgan fingerprint density at radius 3 is 2.42 bits per heavy atom. The lowest BCUT2D eigenvalue weighted by Crippen LogP contribution is -2.62. The van der Waals surface area contributed by atoms with Crippen LogP contribution in [0.5, 0.6) is 0 Å². The van der Waals surface area contributed by atoms with Crippen molar-refractivity contribution in [3.05, 3.63) is 59.7 Å². The van der Waals surface area contributed by atoms with Gasteiger partial charge in [-0.1, -0.05) is 45.0 Å². The summed E-state index contributed by atoms with van der Waals surface area (Å²) in [6, 6.07) is 14.1. The van der Waals surface area contributed by atoms with Gasteiger partial charge in [0.05, 0.1) is 24.9 Å². The van der Waals surface area contributed by atoms with E-state index in [2.05, 4.69) is 31.1 Å².